The third-order valence-electron chi connectivity index (χ3n) is 7.69. The van der Waals surface area contributed by atoms with Crippen LogP contribution in [0.5, 0.6) is 0 Å². The van der Waals surface area contributed by atoms with Crippen LogP contribution in [-0.4, -0.2) is 42.0 Å². The van der Waals surface area contributed by atoms with Crippen molar-refractivity contribution in [3.05, 3.63) is 40.9 Å². The fourth-order valence-electron chi connectivity index (χ4n) is 5.80. The third-order valence-corrected chi connectivity index (χ3v) is 8.75. The molecule has 7 rings (SSSR count). The number of aromatic amines is 1. The van der Waals surface area contributed by atoms with E-state index in [2.05, 4.69) is 30.2 Å². The number of aromatic nitrogens is 5. The molecule has 0 spiro atoms. The maximum atomic E-state index is 15.9. The van der Waals surface area contributed by atoms with Crippen LogP contribution in [0, 0.1) is 23.1 Å². The molecule has 4 aromatic rings. The molecule has 0 aliphatic heterocycles. The van der Waals surface area contributed by atoms with Crippen molar-refractivity contribution in [2.24, 2.45) is 17.3 Å². The Bertz CT molecular complexity index is 1440. The standard InChI is InChI=1S/C24H22ClFN6O2S/c1-24(23(33)34)12-6-4-11(5-7-12)19(24)31-21-16(26)18(14-3-2-8-35-14)30-20(32-21)13-9-27-22-17(13)29-15(25)10-28-22/h2-3,8-12,19H,4-7H2,1H3,(H,27,28)(H,33,34)(H,30,31,32)/t11?,12?,19-,24-/m0/s1. The highest BCUT2D eigenvalue weighted by Gasteiger charge is 2.56. The summed E-state index contributed by atoms with van der Waals surface area (Å²) in [5, 5.41) is 15.5. The van der Waals surface area contributed by atoms with Crippen molar-refractivity contribution in [2.75, 3.05) is 5.32 Å². The number of halogens is 2. The molecular weight excluding hydrogens is 491 g/mol. The molecule has 0 aromatic carbocycles. The molecule has 3 saturated carbocycles. The van der Waals surface area contributed by atoms with Crippen molar-refractivity contribution in [1.82, 2.24) is 24.9 Å². The number of carboxylic acids is 1. The SMILES string of the molecule is C[C@]1(C(=O)O)C2CCC(CC2)[C@@H]1Nc1nc(-c2c[nH]c3ncc(Cl)nc23)nc(-c2cccs2)c1F. The zero-order valence-electron chi connectivity index (χ0n) is 18.8. The van der Waals surface area contributed by atoms with Gasteiger partial charge in [-0.25, -0.2) is 24.3 Å². The van der Waals surface area contributed by atoms with E-state index in [1.807, 2.05) is 11.4 Å². The maximum absolute atomic E-state index is 15.9. The lowest BCUT2D eigenvalue weighted by atomic mass is 9.54. The van der Waals surface area contributed by atoms with Gasteiger partial charge in [0.05, 0.1) is 22.1 Å². The second kappa shape index (κ2) is 8.23. The molecule has 3 fully saturated rings. The fraction of sp³-hybridized carbons (Fsp3) is 0.375. The first kappa shape index (κ1) is 22.4. The number of hydrogen-bond donors (Lipinski definition) is 3. The van der Waals surface area contributed by atoms with E-state index in [0.29, 0.717) is 21.6 Å². The second-order valence-electron chi connectivity index (χ2n) is 9.45. The van der Waals surface area contributed by atoms with E-state index in [4.69, 9.17) is 11.6 Å². The van der Waals surface area contributed by atoms with E-state index in [1.54, 1.807) is 19.2 Å². The highest BCUT2D eigenvalue weighted by atomic mass is 35.5. The minimum Gasteiger partial charge on any atom is -0.481 e. The Hall–Kier alpha value is -3.11. The van der Waals surface area contributed by atoms with Crippen molar-refractivity contribution in [3.63, 3.8) is 0 Å². The van der Waals surface area contributed by atoms with Gasteiger partial charge in [-0.3, -0.25) is 4.79 Å². The molecule has 3 aliphatic carbocycles. The molecule has 8 nitrogen and oxygen atoms in total. The molecular formula is C24H22ClFN6O2S. The van der Waals surface area contributed by atoms with Crippen LogP contribution in [0.3, 0.4) is 0 Å². The van der Waals surface area contributed by atoms with Crippen LogP contribution in [0.15, 0.2) is 29.9 Å². The molecule has 2 atom stereocenters. The Morgan fingerprint density at radius 3 is 2.80 bits per heavy atom. The van der Waals surface area contributed by atoms with Gasteiger partial charge in [-0.2, -0.15) is 0 Å². The van der Waals surface area contributed by atoms with Crippen LogP contribution in [0.1, 0.15) is 32.6 Å². The molecule has 2 bridgehead atoms. The van der Waals surface area contributed by atoms with Crippen LogP contribution in [-0.2, 0) is 4.79 Å². The highest BCUT2D eigenvalue weighted by molar-refractivity contribution is 7.13. The zero-order valence-corrected chi connectivity index (χ0v) is 20.3. The summed E-state index contributed by atoms with van der Waals surface area (Å²) in [6, 6.07) is 3.17. The molecule has 0 amide bonds. The highest BCUT2D eigenvalue weighted by Crippen LogP contribution is 2.53. The number of nitrogens with one attached hydrogen (secondary N) is 2. The topological polar surface area (TPSA) is 117 Å². The second-order valence-corrected chi connectivity index (χ2v) is 10.8. The van der Waals surface area contributed by atoms with Crippen molar-refractivity contribution in [2.45, 2.75) is 38.6 Å². The summed E-state index contributed by atoms with van der Waals surface area (Å²) in [5.74, 6) is -1.06. The summed E-state index contributed by atoms with van der Waals surface area (Å²) in [6.45, 7) is 1.78. The van der Waals surface area contributed by atoms with Crippen molar-refractivity contribution in [1.29, 1.82) is 0 Å². The predicted molar refractivity (Wildman–Crippen MR) is 132 cm³/mol. The van der Waals surface area contributed by atoms with Gasteiger partial charge in [0.15, 0.2) is 23.1 Å². The molecule has 35 heavy (non-hydrogen) atoms. The van der Waals surface area contributed by atoms with E-state index >= 15 is 4.39 Å². The number of rotatable bonds is 5. The van der Waals surface area contributed by atoms with Crippen molar-refractivity contribution >= 4 is 45.9 Å². The Morgan fingerprint density at radius 2 is 2.09 bits per heavy atom. The van der Waals surface area contributed by atoms with Gasteiger partial charge in [0.1, 0.15) is 16.4 Å². The molecule has 180 valence electrons. The summed E-state index contributed by atoms with van der Waals surface area (Å²) in [4.78, 5) is 33.8. The molecule has 0 saturated heterocycles. The third kappa shape index (κ3) is 3.49. The lowest BCUT2D eigenvalue weighted by molar-refractivity contribution is -0.159. The molecule has 0 radical (unpaired) electrons. The first-order valence-corrected chi connectivity index (χ1v) is 12.7. The number of carboxylic acid groups (broad SMARTS) is 1. The van der Waals surface area contributed by atoms with Crippen molar-refractivity contribution in [3.8, 4) is 22.0 Å². The minimum atomic E-state index is -1.01. The van der Waals surface area contributed by atoms with Gasteiger partial charge < -0.3 is 15.4 Å². The number of aliphatic carboxylic acids is 1. The number of fused-ring (bicyclic) bond motifs is 4. The van der Waals surface area contributed by atoms with Crippen molar-refractivity contribution < 1.29 is 14.3 Å². The monoisotopic (exact) mass is 512 g/mol. The van der Waals surface area contributed by atoms with Gasteiger partial charge in [0, 0.05) is 12.2 Å². The van der Waals surface area contributed by atoms with Crippen LogP contribution >= 0.6 is 22.9 Å². The summed E-state index contributed by atoms with van der Waals surface area (Å²) < 4.78 is 15.9. The number of H-pyrrole nitrogens is 1. The number of thiophene rings is 1. The summed E-state index contributed by atoms with van der Waals surface area (Å²) in [6.07, 6.45) is 6.68. The van der Waals surface area contributed by atoms with E-state index in [1.165, 1.54) is 17.5 Å². The molecule has 11 heteroatoms. The average Bonchev–Trinajstić information content (AvgIpc) is 3.53. The van der Waals surface area contributed by atoms with Gasteiger partial charge in [-0.05, 0) is 55.9 Å². The molecule has 3 aliphatic rings. The van der Waals surface area contributed by atoms with Gasteiger partial charge in [0.25, 0.3) is 0 Å². The molecule has 4 aromatic heterocycles. The van der Waals surface area contributed by atoms with Gasteiger partial charge in [-0.1, -0.05) is 17.7 Å². The average molecular weight is 513 g/mol. The van der Waals surface area contributed by atoms with E-state index < -0.39 is 23.2 Å². The Labute approximate surface area is 209 Å². The van der Waals surface area contributed by atoms with E-state index in [0.717, 1.165) is 25.7 Å². The summed E-state index contributed by atoms with van der Waals surface area (Å²) >= 11 is 7.44. The first-order valence-electron chi connectivity index (χ1n) is 11.5. The predicted octanol–water partition coefficient (Wildman–Crippen LogP) is 5.63. The molecule has 3 N–H and O–H groups in total. The van der Waals surface area contributed by atoms with Crippen LogP contribution in [0.4, 0.5) is 10.2 Å². The van der Waals surface area contributed by atoms with Gasteiger partial charge >= 0.3 is 5.97 Å². The number of nitrogens with zero attached hydrogens (tertiary/aromatic N) is 4. The van der Waals surface area contributed by atoms with E-state index in [-0.39, 0.29) is 34.3 Å². The Kier molecular flexibility index (Phi) is 5.26. The number of anilines is 1. The maximum Gasteiger partial charge on any atom is 0.311 e. The molecule has 0 unspecified atom stereocenters. The number of hydrogen-bond acceptors (Lipinski definition) is 7. The number of carbonyl (C=O) groups is 1. The smallest absolute Gasteiger partial charge is 0.311 e. The zero-order chi connectivity index (χ0) is 24.3. The summed E-state index contributed by atoms with van der Waals surface area (Å²) in [5.41, 5.74) is 0.644. The lowest BCUT2D eigenvalue weighted by Crippen LogP contribution is -2.59. The Morgan fingerprint density at radius 1 is 1.29 bits per heavy atom. The molecule has 4 heterocycles. The van der Waals surface area contributed by atoms with Crippen LogP contribution in [0.2, 0.25) is 5.15 Å². The van der Waals surface area contributed by atoms with Gasteiger partial charge in [-0.15, -0.1) is 11.3 Å². The van der Waals surface area contributed by atoms with Gasteiger partial charge in [0.2, 0.25) is 0 Å². The normalized spacial score (nSPS) is 25.7. The minimum absolute atomic E-state index is 0.00670. The quantitative estimate of drug-likeness (QED) is 0.317. The fourth-order valence-corrected chi connectivity index (χ4v) is 6.64. The largest absolute Gasteiger partial charge is 0.481 e. The van der Waals surface area contributed by atoms with Crippen LogP contribution < -0.4 is 5.32 Å². The Balaban J connectivity index is 1.51. The lowest BCUT2D eigenvalue weighted by Gasteiger charge is -2.53. The summed E-state index contributed by atoms with van der Waals surface area (Å²) in [7, 11) is 0. The van der Waals surface area contributed by atoms with Crippen LogP contribution in [0.25, 0.3) is 33.1 Å². The first-order chi connectivity index (χ1) is 16.9. The van der Waals surface area contributed by atoms with E-state index in [9.17, 15) is 9.90 Å².